The number of hydrogen-bond donors (Lipinski definition) is 1. The molecule has 1 amide bonds. The van der Waals surface area contributed by atoms with Crippen LogP contribution in [0.15, 0.2) is 30.3 Å². The number of carboxylic acids is 1. The van der Waals surface area contributed by atoms with E-state index < -0.39 is 5.97 Å². The number of aromatic nitrogens is 1. The average molecular weight is 318 g/mol. The lowest BCUT2D eigenvalue weighted by atomic mass is 10.2. The first kappa shape index (κ1) is 16.2. The molecule has 0 saturated heterocycles. The number of amides is 1. The van der Waals surface area contributed by atoms with Gasteiger partial charge < -0.3 is 10.0 Å². The SMILES string of the molecule is Cc1nc(CC(=O)N(C)Cc2ccccc2)sc1CC(=O)O. The van der Waals surface area contributed by atoms with Crippen molar-refractivity contribution in [2.45, 2.75) is 26.3 Å². The molecule has 2 rings (SSSR count). The Morgan fingerprint density at radius 3 is 2.55 bits per heavy atom. The molecule has 1 N–H and O–H groups in total. The molecule has 6 heteroatoms. The third-order valence-electron chi connectivity index (χ3n) is 3.24. The van der Waals surface area contributed by atoms with Gasteiger partial charge in [0, 0.05) is 18.5 Å². The maximum Gasteiger partial charge on any atom is 0.308 e. The molecular weight excluding hydrogens is 300 g/mol. The molecule has 2 aromatic rings. The molecule has 0 atom stereocenters. The lowest BCUT2D eigenvalue weighted by Crippen LogP contribution is -2.27. The van der Waals surface area contributed by atoms with Crippen LogP contribution in [0.2, 0.25) is 0 Å². The van der Waals surface area contributed by atoms with E-state index in [1.54, 1.807) is 18.9 Å². The number of carbonyl (C=O) groups excluding carboxylic acids is 1. The fourth-order valence-electron chi connectivity index (χ4n) is 2.08. The van der Waals surface area contributed by atoms with Gasteiger partial charge in [-0.25, -0.2) is 4.98 Å². The highest BCUT2D eigenvalue weighted by Gasteiger charge is 2.16. The molecule has 0 fully saturated rings. The van der Waals surface area contributed by atoms with Gasteiger partial charge in [-0.05, 0) is 12.5 Å². The molecule has 0 aliphatic rings. The predicted octanol–water partition coefficient (Wildman–Crippen LogP) is 2.28. The maximum absolute atomic E-state index is 12.2. The number of thiazole rings is 1. The second kappa shape index (κ2) is 7.17. The van der Waals surface area contributed by atoms with Crippen molar-refractivity contribution in [2.24, 2.45) is 0 Å². The van der Waals surface area contributed by atoms with Crippen molar-refractivity contribution in [1.29, 1.82) is 0 Å². The molecule has 0 aliphatic heterocycles. The van der Waals surface area contributed by atoms with E-state index in [0.29, 0.717) is 22.1 Å². The molecule has 22 heavy (non-hydrogen) atoms. The minimum Gasteiger partial charge on any atom is -0.481 e. The van der Waals surface area contributed by atoms with Gasteiger partial charge in [0.1, 0.15) is 5.01 Å². The molecule has 0 aliphatic carbocycles. The summed E-state index contributed by atoms with van der Waals surface area (Å²) in [4.78, 5) is 29.7. The van der Waals surface area contributed by atoms with E-state index in [9.17, 15) is 9.59 Å². The minimum absolute atomic E-state index is 0.0283. The average Bonchev–Trinajstić information content (AvgIpc) is 2.79. The summed E-state index contributed by atoms with van der Waals surface area (Å²) in [5.41, 5.74) is 1.76. The molecule has 0 spiro atoms. The second-order valence-electron chi connectivity index (χ2n) is 5.10. The largest absolute Gasteiger partial charge is 0.481 e. The highest BCUT2D eigenvalue weighted by Crippen LogP contribution is 2.20. The molecule has 1 aromatic carbocycles. The van der Waals surface area contributed by atoms with Crippen molar-refractivity contribution in [3.05, 3.63) is 51.5 Å². The smallest absolute Gasteiger partial charge is 0.308 e. The first-order valence-electron chi connectivity index (χ1n) is 6.90. The van der Waals surface area contributed by atoms with E-state index in [-0.39, 0.29) is 18.7 Å². The molecule has 0 unspecified atom stereocenters. The van der Waals surface area contributed by atoms with E-state index in [0.717, 1.165) is 5.56 Å². The summed E-state index contributed by atoms with van der Waals surface area (Å²) in [5, 5.41) is 9.50. The predicted molar refractivity (Wildman–Crippen MR) is 84.8 cm³/mol. The van der Waals surface area contributed by atoms with Crippen molar-refractivity contribution in [3.63, 3.8) is 0 Å². The Balaban J connectivity index is 1.98. The molecular formula is C16H18N2O3S. The Labute approximate surface area is 133 Å². The summed E-state index contributed by atoms with van der Waals surface area (Å²) in [6.45, 7) is 2.32. The van der Waals surface area contributed by atoms with Crippen molar-refractivity contribution in [3.8, 4) is 0 Å². The molecule has 116 valence electrons. The van der Waals surface area contributed by atoms with Crippen LogP contribution in [0, 0.1) is 6.92 Å². The van der Waals surface area contributed by atoms with Crippen LogP contribution in [0.4, 0.5) is 0 Å². The number of hydrogen-bond acceptors (Lipinski definition) is 4. The Kier molecular flexibility index (Phi) is 5.27. The van der Waals surface area contributed by atoms with Crippen LogP contribution in [-0.2, 0) is 29.0 Å². The van der Waals surface area contributed by atoms with Crippen LogP contribution < -0.4 is 0 Å². The zero-order chi connectivity index (χ0) is 16.1. The summed E-state index contributed by atoms with van der Waals surface area (Å²) in [5.74, 6) is -0.912. The monoisotopic (exact) mass is 318 g/mol. The number of rotatable bonds is 6. The van der Waals surface area contributed by atoms with Gasteiger partial charge in [-0.15, -0.1) is 11.3 Å². The van der Waals surface area contributed by atoms with Gasteiger partial charge in [-0.2, -0.15) is 0 Å². The second-order valence-corrected chi connectivity index (χ2v) is 6.27. The molecule has 0 radical (unpaired) electrons. The van der Waals surface area contributed by atoms with Gasteiger partial charge in [0.2, 0.25) is 5.91 Å². The normalized spacial score (nSPS) is 10.5. The van der Waals surface area contributed by atoms with Gasteiger partial charge in [-0.1, -0.05) is 30.3 Å². The molecule has 5 nitrogen and oxygen atoms in total. The summed E-state index contributed by atoms with van der Waals surface area (Å²) in [6, 6.07) is 9.77. The number of nitrogens with zero attached hydrogens (tertiary/aromatic N) is 2. The van der Waals surface area contributed by atoms with Crippen LogP contribution in [0.3, 0.4) is 0 Å². The minimum atomic E-state index is -0.883. The fraction of sp³-hybridized carbons (Fsp3) is 0.312. The third kappa shape index (κ3) is 4.39. The highest BCUT2D eigenvalue weighted by molar-refractivity contribution is 7.11. The van der Waals surface area contributed by atoms with Gasteiger partial charge in [-0.3, -0.25) is 9.59 Å². The number of carboxylic acid groups (broad SMARTS) is 1. The van der Waals surface area contributed by atoms with Crippen molar-refractivity contribution in [2.75, 3.05) is 7.05 Å². The Morgan fingerprint density at radius 2 is 1.91 bits per heavy atom. The first-order chi connectivity index (χ1) is 10.5. The Bertz CT molecular complexity index is 667. The molecule has 1 heterocycles. The highest BCUT2D eigenvalue weighted by atomic mass is 32.1. The topological polar surface area (TPSA) is 70.5 Å². The van der Waals surface area contributed by atoms with E-state index in [1.807, 2.05) is 30.3 Å². The lowest BCUT2D eigenvalue weighted by molar-refractivity contribution is -0.136. The zero-order valence-electron chi connectivity index (χ0n) is 12.6. The summed E-state index contributed by atoms with van der Waals surface area (Å²) < 4.78 is 0. The number of carbonyl (C=O) groups is 2. The van der Waals surface area contributed by atoms with Crippen LogP contribution in [0.1, 0.15) is 21.1 Å². The van der Waals surface area contributed by atoms with Gasteiger partial charge in [0.15, 0.2) is 0 Å². The van der Waals surface area contributed by atoms with Crippen LogP contribution in [0.5, 0.6) is 0 Å². The fourth-order valence-corrected chi connectivity index (χ4v) is 3.13. The van der Waals surface area contributed by atoms with Crippen molar-refractivity contribution in [1.82, 2.24) is 9.88 Å². The Hall–Kier alpha value is -2.21. The molecule has 1 aromatic heterocycles. The lowest BCUT2D eigenvalue weighted by Gasteiger charge is -2.16. The summed E-state index contributed by atoms with van der Waals surface area (Å²) in [7, 11) is 1.76. The van der Waals surface area contributed by atoms with Crippen molar-refractivity contribution < 1.29 is 14.7 Å². The summed E-state index contributed by atoms with van der Waals surface area (Å²) in [6.07, 6.45) is 0.159. The number of aryl methyl sites for hydroxylation is 1. The first-order valence-corrected chi connectivity index (χ1v) is 7.72. The third-order valence-corrected chi connectivity index (χ3v) is 4.40. The van der Waals surface area contributed by atoms with E-state index in [4.69, 9.17) is 5.11 Å². The Morgan fingerprint density at radius 1 is 1.23 bits per heavy atom. The molecule has 0 bridgehead atoms. The zero-order valence-corrected chi connectivity index (χ0v) is 13.4. The summed E-state index contributed by atoms with van der Waals surface area (Å²) >= 11 is 1.30. The van der Waals surface area contributed by atoms with E-state index in [2.05, 4.69) is 4.98 Å². The quantitative estimate of drug-likeness (QED) is 0.887. The number of likely N-dealkylation sites (N-methyl/N-ethyl adjacent to an activating group) is 1. The number of aliphatic carboxylic acids is 1. The molecule has 0 saturated carbocycles. The standard InChI is InChI=1S/C16H18N2O3S/c1-11-13(8-16(20)21)22-14(17-11)9-15(19)18(2)10-12-6-4-3-5-7-12/h3-7H,8-10H2,1-2H3,(H,20,21). The van der Waals surface area contributed by atoms with Crippen molar-refractivity contribution >= 4 is 23.2 Å². The van der Waals surface area contributed by atoms with E-state index in [1.165, 1.54) is 11.3 Å². The van der Waals surface area contributed by atoms with Crippen LogP contribution in [-0.4, -0.2) is 33.9 Å². The van der Waals surface area contributed by atoms with Crippen LogP contribution >= 0.6 is 11.3 Å². The maximum atomic E-state index is 12.2. The van der Waals surface area contributed by atoms with Crippen LogP contribution in [0.25, 0.3) is 0 Å². The van der Waals surface area contributed by atoms with E-state index >= 15 is 0 Å². The van der Waals surface area contributed by atoms with Gasteiger partial charge in [0.05, 0.1) is 18.5 Å². The number of benzene rings is 1. The van der Waals surface area contributed by atoms with Gasteiger partial charge >= 0.3 is 5.97 Å². The van der Waals surface area contributed by atoms with Gasteiger partial charge in [0.25, 0.3) is 0 Å².